The van der Waals surface area contributed by atoms with Crippen LogP contribution in [0, 0.1) is 12.8 Å². The van der Waals surface area contributed by atoms with Gasteiger partial charge in [0, 0.05) is 39.6 Å². The molecule has 0 saturated carbocycles. The molecule has 0 radical (unpaired) electrons. The van der Waals surface area contributed by atoms with Crippen LogP contribution in [0.2, 0.25) is 0 Å². The lowest BCUT2D eigenvalue weighted by Gasteiger charge is -2.19. The predicted molar refractivity (Wildman–Crippen MR) is 108 cm³/mol. The van der Waals surface area contributed by atoms with Gasteiger partial charge in [-0.3, -0.25) is 5.43 Å². The molecule has 2 atom stereocenters. The maximum absolute atomic E-state index is 12.1. The molecule has 6 nitrogen and oxygen atoms in total. The van der Waals surface area contributed by atoms with Crippen molar-refractivity contribution in [2.75, 3.05) is 27.2 Å². The molecule has 2 aromatic rings. The van der Waals surface area contributed by atoms with Crippen LogP contribution in [0.5, 0.6) is 0 Å². The van der Waals surface area contributed by atoms with Crippen molar-refractivity contribution < 1.29 is 8.42 Å². The van der Waals surface area contributed by atoms with Gasteiger partial charge in [0.05, 0.1) is 10.9 Å². The molecule has 2 aromatic carbocycles. The molecule has 0 bridgehead atoms. The van der Waals surface area contributed by atoms with Gasteiger partial charge in [-0.25, -0.2) is 18.1 Å². The summed E-state index contributed by atoms with van der Waals surface area (Å²) in [5.74, 6) is 0.445. The van der Waals surface area contributed by atoms with Gasteiger partial charge in [0.2, 0.25) is 10.0 Å². The standard InChI is InChI=1S/C20H28N4O2S/c1-15-4-8-17(9-5-15)20-18(14-22-23-20)13-21-12-16-6-10-19(11-7-16)27(25,26)24(2)3/h4-11,18,20-23H,12-14H2,1-3H3. The van der Waals surface area contributed by atoms with E-state index in [-0.39, 0.29) is 6.04 Å². The largest absolute Gasteiger partial charge is 0.312 e. The van der Waals surface area contributed by atoms with Crippen LogP contribution < -0.4 is 16.2 Å². The quantitative estimate of drug-likeness (QED) is 0.675. The average molecular weight is 389 g/mol. The van der Waals surface area contributed by atoms with Gasteiger partial charge >= 0.3 is 0 Å². The van der Waals surface area contributed by atoms with Gasteiger partial charge in [-0.2, -0.15) is 0 Å². The third kappa shape index (κ3) is 4.75. The second kappa shape index (κ2) is 8.50. The van der Waals surface area contributed by atoms with E-state index in [0.29, 0.717) is 17.4 Å². The third-order valence-electron chi connectivity index (χ3n) is 4.97. The highest BCUT2D eigenvalue weighted by Crippen LogP contribution is 2.24. The zero-order valence-corrected chi connectivity index (χ0v) is 16.9. The highest BCUT2D eigenvalue weighted by atomic mass is 32.2. The SMILES string of the molecule is Cc1ccc(C2NNCC2CNCc2ccc(S(=O)(=O)N(C)C)cc2)cc1. The van der Waals surface area contributed by atoms with E-state index in [1.165, 1.54) is 15.4 Å². The number of nitrogens with one attached hydrogen (secondary N) is 3. The van der Waals surface area contributed by atoms with Gasteiger partial charge in [0.15, 0.2) is 0 Å². The average Bonchev–Trinajstić information content (AvgIpc) is 3.11. The van der Waals surface area contributed by atoms with Crippen molar-refractivity contribution in [3.8, 4) is 0 Å². The molecular weight excluding hydrogens is 360 g/mol. The van der Waals surface area contributed by atoms with Gasteiger partial charge in [0.25, 0.3) is 0 Å². The number of hydrazine groups is 1. The first-order valence-corrected chi connectivity index (χ1v) is 10.6. The highest BCUT2D eigenvalue weighted by molar-refractivity contribution is 7.89. The molecular formula is C20H28N4O2S. The Balaban J connectivity index is 1.55. The summed E-state index contributed by atoms with van der Waals surface area (Å²) in [7, 11) is -0.291. The Hall–Kier alpha value is -1.77. The number of rotatable bonds is 7. The number of hydrogen-bond donors (Lipinski definition) is 3. The topological polar surface area (TPSA) is 73.5 Å². The molecule has 1 heterocycles. The molecule has 0 amide bonds. The first kappa shape index (κ1) is 20.0. The van der Waals surface area contributed by atoms with Crippen LogP contribution in [0.3, 0.4) is 0 Å². The Morgan fingerprint density at radius 3 is 2.37 bits per heavy atom. The summed E-state index contributed by atoms with van der Waals surface area (Å²) in [5.41, 5.74) is 10.2. The lowest BCUT2D eigenvalue weighted by Crippen LogP contribution is -2.28. The predicted octanol–water partition coefficient (Wildman–Crippen LogP) is 1.80. The molecule has 7 heteroatoms. The van der Waals surface area contributed by atoms with Crippen molar-refractivity contribution in [1.82, 2.24) is 20.5 Å². The minimum atomic E-state index is -3.37. The monoisotopic (exact) mass is 388 g/mol. The van der Waals surface area contributed by atoms with E-state index in [4.69, 9.17) is 0 Å². The fourth-order valence-electron chi connectivity index (χ4n) is 3.25. The van der Waals surface area contributed by atoms with E-state index < -0.39 is 10.0 Å². The van der Waals surface area contributed by atoms with Crippen LogP contribution in [0.1, 0.15) is 22.7 Å². The number of benzene rings is 2. The minimum absolute atomic E-state index is 0.283. The second-order valence-corrected chi connectivity index (χ2v) is 9.39. The molecule has 27 heavy (non-hydrogen) atoms. The fraction of sp³-hybridized carbons (Fsp3) is 0.400. The Morgan fingerprint density at radius 1 is 1.07 bits per heavy atom. The van der Waals surface area contributed by atoms with E-state index in [1.807, 2.05) is 12.1 Å². The van der Waals surface area contributed by atoms with Gasteiger partial charge in [-0.15, -0.1) is 0 Å². The zero-order chi connectivity index (χ0) is 19.4. The number of nitrogens with zero attached hydrogens (tertiary/aromatic N) is 1. The summed E-state index contributed by atoms with van der Waals surface area (Å²) in [6.45, 7) is 4.58. The van der Waals surface area contributed by atoms with Crippen LogP contribution >= 0.6 is 0 Å². The maximum Gasteiger partial charge on any atom is 0.242 e. The summed E-state index contributed by atoms with van der Waals surface area (Å²) in [6, 6.07) is 16.0. The Kier molecular flexibility index (Phi) is 6.29. The van der Waals surface area contributed by atoms with Crippen molar-refractivity contribution in [2.45, 2.75) is 24.4 Å². The van der Waals surface area contributed by atoms with E-state index in [2.05, 4.69) is 47.4 Å². The zero-order valence-electron chi connectivity index (χ0n) is 16.1. The first-order valence-electron chi connectivity index (χ1n) is 9.15. The van der Waals surface area contributed by atoms with Crippen molar-refractivity contribution in [3.05, 3.63) is 65.2 Å². The third-order valence-corrected chi connectivity index (χ3v) is 6.80. The molecule has 0 aliphatic carbocycles. The van der Waals surface area contributed by atoms with E-state index >= 15 is 0 Å². The van der Waals surface area contributed by atoms with Crippen molar-refractivity contribution in [1.29, 1.82) is 0 Å². The van der Waals surface area contributed by atoms with Crippen LogP contribution in [0.4, 0.5) is 0 Å². The molecule has 1 aliphatic heterocycles. The summed E-state index contributed by atoms with van der Waals surface area (Å²) in [5, 5.41) is 3.50. The lowest BCUT2D eigenvalue weighted by molar-refractivity contribution is 0.441. The van der Waals surface area contributed by atoms with Gasteiger partial charge < -0.3 is 5.32 Å². The molecule has 1 fully saturated rings. The Morgan fingerprint density at radius 2 is 1.74 bits per heavy atom. The highest BCUT2D eigenvalue weighted by Gasteiger charge is 2.27. The molecule has 2 unspecified atom stereocenters. The smallest absolute Gasteiger partial charge is 0.242 e. The van der Waals surface area contributed by atoms with E-state index in [0.717, 1.165) is 18.7 Å². The summed E-state index contributed by atoms with van der Waals surface area (Å²) < 4.78 is 25.5. The minimum Gasteiger partial charge on any atom is -0.312 e. The van der Waals surface area contributed by atoms with Crippen LogP contribution in [0.15, 0.2) is 53.4 Å². The van der Waals surface area contributed by atoms with Gasteiger partial charge in [0.1, 0.15) is 0 Å². The second-order valence-electron chi connectivity index (χ2n) is 7.24. The lowest BCUT2D eigenvalue weighted by atomic mass is 9.94. The number of hydrogen-bond acceptors (Lipinski definition) is 5. The molecule has 1 aliphatic rings. The van der Waals surface area contributed by atoms with Crippen molar-refractivity contribution in [3.63, 3.8) is 0 Å². The van der Waals surface area contributed by atoms with E-state index in [9.17, 15) is 8.42 Å². The molecule has 3 N–H and O–H groups in total. The summed E-state index contributed by atoms with van der Waals surface area (Å²) >= 11 is 0. The molecule has 1 saturated heterocycles. The van der Waals surface area contributed by atoms with Gasteiger partial charge in [-0.05, 0) is 30.2 Å². The summed E-state index contributed by atoms with van der Waals surface area (Å²) in [4.78, 5) is 0.319. The van der Waals surface area contributed by atoms with Crippen molar-refractivity contribution in [2.24, 2.45) is 5.92 Å². The molecule has 0 spiro atoms. The van der Waals surface area contributed by atoms with E-state index in [1.54, 1.807) is 26.2 Å². The first-order chi connectivity index (χ1) is 12.9. The summed E-state index contributed by atoms with van der Waals surface area (Å²) in [6.07, 6.45) is 0. The van der Waals surface area contributed by atoms with Crippen LogP contribution in [-0.2, 0) is 16.6 Å². The number of aryl methyl sites for hydroxylation is 1. The maximum atomic E-state index is 12.1. The Labute approximate surface area is 162 Å². The van der Waals surface area contributed by atoms with Crippen LogP contribution in [-0.4, -0.2) is 39.9 Å². The molecule has 0 aromatic heterocycles. The fourth-order valence-corrected chi connectivity index (χ4v) is 4.15. The molecule has 3 rings (SSSR count). The van der Waals surface area contributed by atoms with Crippen molar-refractivity contribution >= 4 is 10.0 Å². The number of sulfonamides is 1. The van der Waals surface area contributed by atoms with Gasteiger partial charge in [-0.1, -0.05) is 42.0 Å². The molecule has 146 valence electrons. The Bertz CT molecular complexity index is 849. The van der Waals surface area contributed by atoms with Crippen LogP contribution in [0.25, 0.3) is 0 Å². The normalized spacial score (nSPS) is 20.3.